The van der Waals surface area contributed by atoms with Crippen LogP contribution in [0.1, 0.15) is 16.1 Å². The Kier molecular flexibility index (Phi) is 5.84. The molecule has 2 aromatic carbocycles. The van der Waals surface area contributed by atoms with Crippen LogP contribution in [-0.4, -0.2) is 32.6 Å². The standard InChI is InChI=1S/C22H13Cl2N3O4S/c23-16-7-2-8-17(18(16)24)27-20(29)15(19(28)25-22(27)32)11-14-6-3-9-26(14)13-5-1-4-12(10-13)21(30)31/h1-11H,(H,30,31)(H,25,28,32)/b15-11-. The van der Waals surface area contributed by atoms with Crippen molar-refractivity contribution in [3.05, 3.63) is 87.7 Å². The van der Waals surface area contributed by atoms with Gasteiger partial charge in [0.05, 0.1) is 21.3 Å². The number of carbonyl (C=O) groups is 3. The maximum atomic E-state index is 13.2. The third-order valence-corrected chi connectivity index (χ3v) is 5.81. The van der Waals surface area contributed by atoms with Crippen molar-refractivity contribution in [2.75, 3.05) is 4.90 Å². The van der Waals surface area contributed by atoms with E-state index >= 15 is 0 Å². The number of benzene rings is 2. The van der Waals surface area contributed by atoms with Gasteiger partial charge in [0.1, 0.15) is 5.57 Å². The Labute approximate surface area is 197 Å². The number of carboxylic acid groups (broad SMARTS) is 1. The monoisotopic (exact) mass is 485 g/mol. The van der Waals surface area contributed by atoms with Crippen molar-refractivity contribution in [3.63, 3.8) is 0 Å². The van der Waals surface area contributed by atoms with Crippen LogP contribution < -0.4 is 10.2 Å². The van der Waals surface area contributed by atoms with E-state index in [2.05, 4.69) is 5.32 Å². The third kappa shape index (κ3) is 3.91. The molecule has 2 amide bonds. The summed E-state index contributed by atoms with van der Waals surface area (Å²) >= 11 is 17.5. The molecule has 7 nitrogen and oxygen atoms in total. The summed E-state index contributed by atoms with van der Waals surface area (Å²) in [7, 11) is 0. The van der Waals surface area contributed by atoms with Crippen LogP contribution >= 0.6 is 35.4 Å². The number of amides is 2. The lowest BCUT2D eigenvalue weighted by atomic mass is 10.1. The molecule has 0 radical (unpaired) electrons. The van der Waals surface area contributed by atoms with Crippen molar-refractivity contribution in [3.8, 4) is 5.69 Å². The number of nitrogens with one attached hydrogen (secondary N) is 1. The topological polar surface area (TPSA) is 91.6 Å². The van der Waals surface area contributed by atoms with Gasteiger partial charge in [0, 0.05) is 17.6 Å². The van der Waals surface area contributed by atoms with E-state index in [0.717, 1.165) is 4.90 Å². The van der Waals surface area contributed by atoms with E-state index < -0.39 is 17.8 Å². The molecule has 160 valence electrons. The first kappa shape index (κ1) is 21.8. The lowest BCUT2D eigenvalue weighted by Crippen LogP contribution is -2.54. The van der Waals surface area contributed by atoms with Crippen LogP contribution in [0.4, 0.5) is 5.69 Å². The Morgan fingerprint density at radius 1 is 1.06 bits per heavy atom. The zero-order chi connectivity index (χ0) is 23.0. The molecule has 1 aliphatic heterocycles. The average molecular weight is 486 g/mol. The molecule has 0 unspecified atom stereocenters. The molecule has 2 heterocycles. The maximum Gasteiger partial charge on any atom is 0.335 e. The lowest BCUT2D eigenvalue weighted by molar-refractivity contribution is -0.122. The maximum absolute atomic E-state index is 13.2. The molecule has 4 rings (SSSR count). The first-order valence-electron chi connectivity index (χ1n) is 9.14. The van der Waals surface area contributed by atoms with Gasteiger partial charge >= 0.3 is 5.97 Å². The molecule has 32 heavy (non-hydrogen) atoms. The summed E-state index contributed by atoms with van der Waals surface area (Å²) in [6, 6.07) is 14.4. The van der Waals surface area contributed by atoms with Crippen LogP contribution in [0.3, 0.4) is 0 Å². The third-order valence-electron chi connectivity index (χ3n) is 4.72. The van der Waals surface area contributed by atoms with Crippen LogP contribution in [0.2, 0.25) is 10.0 Å². The van der Waals surface area contributed by atoms with Crippen molar-refractivity contribution >= 4 is 70.1 Å². The average Bonchev–Trinajstić information content (AvgIpc) is 3.22. The molecular formula is C22H13Cl2N3O4S. The van der Waals surface area contributed by atoms with Gasteiger partial charge in [-0.25, -0.2) is 4.79 Å². The molecule has 2 N–H and O–H groups in total. The SMILES string of the molecule is O=C1NC(=S)N(c2cccc(Cl)c2Cl)C(=O)/C1=C\c1cccn1-c1cccc(C(=O)O)c1. The molecule has 3 aromatic rings. The van der Waals surface area contributed by atoms with Gasteiger partial charge in [-0.2, -0.15) is 0 Å². The summed E-state index contributed by atoms with van der Waals surface area (Å²) in [4.78, 5) is 38.3. The minimum Gasteiger partial charge on any atom is -0.478 e. The van der Waals surface area contributed by atoms with Gasteiger partial charge in [-0.3, -0.25) is 19.8 Å². The number of rotatable bonds is 4. The highest BCUT2D eigenvalue weighted by Crippen LogP contribution is 2.34. The molecule has 1 saturated heterocycles. The zero-order valence-electron chi connectivity index (χ0n) is 16.1. The highest BCUT2D eigenvalue weighted by atomic mass is 35.5. The highest BCUT2D eigenvalue weighted by molar-refractivity contribution is 7.80. The number of nitrogens with zero attached hydrogens (tertiary/aromatic N) is 2. The Morgan fingerprint density at radius 2 is 1.81 bits per heavy atom. The number of anilines is 1. The molecule has 0 aliphatic carbocycles. The highest BCUT2D eigenvalue weighted by Gasteiger charge is 2.36. The summed E-state index contributed by atoms with van der Waals surface area (Å²) in [5, 5.41) is 12.0. The van der Waals surface area contributed by atoms with Crippen LogP contribution in [0, 0.1) is 0 Å². The Hall–Kier alpha value is -3.46. The van der Waals surface area contributed by atoms with E-state index in [-0.39, 0.29) is 32.0 Å². The number of halogens is 2. The summed E-state index contributed by atoms with van der Waals surface area (Å²) in [5.41, 5.74) is 1.20. The predicted molar refractivity (Wildman–Crippen MR) is 125 cm³/mol. The van der Waals surface area contributed by atoms with Gasteiger partial charge in [0.25, 0.3) is 11.8 Å². The summed E-state index contributed by atoms with van der Waals surface area (Å²) < 4.78 is 1.66. The Morgan fingerprint density at radius 3 is 2.56 bits per heavy atom. The zero-order valence-corrected chi connectivity index (χ0v) is 18.4. The van der Waals surface area contributed by atoms with Crippen LogP contribution in [-0.2, 0) is 9.59 Å². The molecule has 0 atom stereocenters. The molecule has 1 aromatic heterocycles. The number of hydrogen-bond acceptors (Lipinski definition) is 4. The second-order valence-corrected chi connectivity index (χ2v) is 7.86. The molecule has 1 aliphatic rings. The number of carbonyl (C=O) groups excluding carboxylic acids is 2. The van der Waals surface area contributed by atoms with E-state index in [4.69, 9.17) is 35.4 Å². The normalized spacial score (nSPS) is 15.2. The molecule has 0 spiro atoms. The number of thiocarbonyl (C=S) groups is 1. The van der Waals surface area contributed by atoms with Gasteiger partial charge < -0.3 is 9.67 Å². The Balaban J connectivity index is 1.77. The molecular weight excluding hydrogens is 473 g/mol. The lowest BCUT2D eigenvalue weighted by Gasteiger charge is -2.29. The molecule has 10 heteroatoms. The van der Waals surface area contributed by atoms with E-state index in [1.165, 1.54) is 18.2 Å². The van der Waals surface area contributed by atoms with Crippen molar-refractivity contribution in [2.24, 2.45) is 0 Å². The minimum absolute atomic E-state index is 0.105. The van der Waals surface area contributed by atoms with Gasteiger partial charge in [-0.15, -0.1) is 0 Å². The number of aromatic carboxylic acids is 1. The summed E-state index contributed by atoms with van der Waals surface area (Å²) in [6.07, 6.45) is 3.09. The fourth-order valence-corrected chi connectivity index (χ4v) is 3.88. The Bertz CT molecular complexity index is 1330. The van der Waals surface area contributed by atoms with E-state index in [1.54, 1.807) is 53.2 Å². The molecule has 0 bridgehead atoms. The fourth-order valence-electron chi connectivity index (χ4n) is 3.22. The van der Waals surface area contributed by atoms with Crippen molar-refractivity contribution in [1.82, 2.24) is 9.88 Å². The van der Waals surface area contributed by atoms with E-state index in [1.807, 2.05) is 0 Å². The minimum atomic E-state index is -1.07. The van der Waals surface area contributed by atoms with Gasteiger partial charge in [-0.05, 0) is 60.8 Å². The van der Waals surface area contributed by atoms with E-state index in [0.29, 0.717) is 11.4 Å². The predicted octanol–water partition coefficient (Wildman–Crippen LogP) is 4.31. The fraction of sp³-hybridized carbons (Fsp3) is 0. The molecule has 1 fully saturated rings. The first-order valence-corrected chi connectivity index (χ1v) is 10.3. The smallest absolute Gasteiger partial charge is 0.335 e. The van der Waals surface area contributed by atoms with Gasteiger partial charge in [0.15, 0.2) is 5.11 Å². The number of aromatic nitrogens is 1. The first-order chi connectivity index (χ1) is 15.3. The second-order valence-electron chi connectivity index (χ2n) is 6.69. The van der Waals surface area contributed by atoms with E-state index in [9.17, 15) is 19.5 Å². The summed E-state index contributed by atoms with van der Waals surface area (Å²) in [5.74, 6) is -2.40. The van der Waals surface area contributed by atoms with Gasteiger partial charge in [-0.1, -0.05) is 35.3 Å². The van der Waals surface area contributed by atoms with Crippen LogP contribution in [0.15, 0.2) is 66.4 Å². The summed E-state index contributed by atoms with van der Waals surface area (Å²) in [6.45, 7) is 0. The van der Waals surface area contributed by atoms with Gasteiger partial charge in [0.2, 0.25) is 0 Å². The van der Waals surface area contributed by atoms with Crippen molar-refractivity contribution in [2.45, 2.75) is 0 Å². The largest absolute Gasteiger partial charge is 0.478 e. The van der Waals surface area contributed by atoms with Crippen molar-refractivity contribution < 1.29 is 19.5 Å². The van der Waals surface area contributed by atoms with Crippen LogP contribution in [0.25, 0.3) is 11.8 Å². The van der Waals surface area contributed by atoms with Crippen LogP contribution in [0.5, 0.6) is 0 Å². The number of hydrogen-bond donors (Lipinski definition) is 2. The second kappa shape index (κ2) is 8.58. The molecule has 0 saturated carbocycles. The number of carboxylic acids is 1. The van der Waals surface area contributed by atoms with Crippen molar-refractivity contribution in [1.29, 1.82) is 0 Å². The quantitative estimate of drug-likeness (QED) is 0.326.